The first-order chi connectivity index (χ1) is 9.89. The first-order valence-corrected chi connectivity index (χ1v) is 5.98. The number of rotatable bonds is 4. The monoisotopic (exact) mass is 300 g/mol. The molecule has 1 aromatic carbocycles. The number of hydrogen-bond acceptors (Lipinski definition) is 3. The first-order valence-electron chi connectivity index (χ1n) is 5.98. The van der Waals surface area contributed by atoms with Crippen LogP contribution >= 0.6 is 0 Å². The van der Waals surface area contributed by atoms with Gasteiger partial charge in [-0.25, -0.2) is 17.6 Å². The van der Waals surface area contributed by atoms with E-state index in [0.717, 1.165) is 12.1 Å². The molecule has 0 radical (unpaired) electrons. The van der Waals surface area contributed by atoms with Crippen molar-refractivity contribution >= 4 is 0 Å². The summed E-state index contributed by atoms with van der Waals surface area (Å²) in [6, 6.07) is 4.96. The van der Waals surface area contributed by atoms with E-state index in [1.54, 1.807) is 0 Å². The summed E-state index contributed by atoms with van der Waals surface area (Å²) in [4.78, 5) is 3.79. The quantitative estimate of drug-likeness (QED) is 0.852. The predicted molar refractivity (Wildman–Crippen MR) is 67.5 cm³/mol. The van der Waals surface area contributed by atoms with Crippen LogP contribution in [0.2, 0.25) is 0 Å². The molecule has 3 nitrogen and oxygen atoms in total. The molecule has 0 aliphatic rings. The minimum Gasteiger partial charge on any atom is -0.392 e. The van der Waals surface area contributed by atoms with Crippen molar-refractivity contribution in [1.82, 2.24) is 4.98 Å². The molecule has 0 aliphatic heterocycles. The number of hydrogen-bond donors (Lipinski definition) is 2. The summed E-state index contributed by atoms with van der Waals surface area (Å²) in [5.41, 5.74) is 3.28. The smallest absolute Gasteiger partial charge is 0.266 e. The molecule has 2 aromatic rings. The molecule has 1 heterocycles. The van der Waals surface area contributed by atoms with Crippen LogP contribution in [0, 0.1) is 11.6 Å². The molecule has 2 rings (SSSR count). The molecular formula is C14H12F4N2O. The summed E-state index contributed by atoms with van der Waals surface area (Å²) in [7, 11) is 0. The minimum absolute atomic E-state index is 0.208. The zero-order valence-corrected chi connectivity index (χ0v) is 10.7. The lowest BCUT2D eigenvalue weighted by Gasteiger charge is -2.28. The highest BCUT2D eigenvalue weighted by Crippen LogP contribution is 2.32. The van der Waals surface area contributed by atoms with Gasteiger partial charge in [0.1, 0.15) is 5.54 Å². The van der Waals surface area contributed by atoms with Gasteiger partial charge in [-0.05, 0) is 29.3 Å². The van der Waals surface area contributed by atoms with Crippen molar-refractivity contribution in [3.05, 3.63) is 65.0 Å². The van der Waals surface area contributed by atoms with Crippen LogP contribution in [0.1, 0.15) is 16.8 Å². The van der Waals surface area contributed by atoms with Crippen LogP contribution in [0.4, 0.5) is 17.6 Å². The van der Waals surface area contributed by atoms with Gasteiger partial charge in [0.15, 0.2) is 11.6 Å². The van der Waals surface area contributed by atoms with Gasteiger partial charge in [0.2, 0.25) is 0 Å². The van der Waals surface area contributed by atoms with Crippen molar-refractivity contribution in [3.8, 4) is 0 Å². The highest BCUT2D eigenvalue weighted by atomic mass is 19.3. The maximum absolute atomic E-state index is 13.4. The van der Waals surface area contributed by atoms with Crippen LogP contribution < -0.4 is 5.73 Å². The van der Waals surface area contributed by atoms with Crippen LogP contribution in [0.5, 0.6) is 0 Å². The number of aliphatic hydroxyl groups excluding tert-OH is 1. The van der Waals surface area contributed by atoms with Gasteiger partial charge in [-0.2, -0.15) is 0 Å². The van der Waals surface area contributed by atoms with Crippen molar-refractivity contribution < 1.29 is 22.7 Å². The second-order valence-electron chi connectivity index (χ2n) is 4.51. The number of nitrogens with zero attached hydrogens (tertiary/aromatic N) is 1. The van der Waals surface area contributed by atoms with E-state index in [1.165, 1.54) is 18.3 Å². The Morgan fingerprint density at radius 1 is 1.14 bits per heavy atom. The molecule has 0 saturated heterocycles. The lowest BCUT2D eigenvalue weighted by Crippen LogP contribution is -2.45. The molecule has 0 amide bonds. The third-order valence-electron chi connectivity index (χ3n) is 3.17. The Balaban J connectivity index is 2.55. The second kappa shape index (κ2) is 5.79. The van der Waals surface area contributed by atoms with E-state index >= 15 is 0 Å². The average Bonchev–Trinajstić information content (AvgIpc) is 2.49. The summed E-state index contributed by atoms with van der Waals surface area (Å²) in [5.74, 6) is -2.42. The van der Waals surface area contributed by atoms with E-state index in [9.17, 15) is 17.6 Å². The largest absolute Gasteiger partial charge is 0.392 e. The van der Waals surface area contributed by atoms with Crippen LogP contribution in [0.3, 0.4) is 0 Å². The van der Waals surface area contributed by atoms with Gasteiger partial charge in [-0.15, -0.1) is 0 Å². The molecule has 0 saturated carbocycles. The third kappa shape index (κ3) is 2.74. The van der Waals surface area contributed by atoms with Gasteiger partial charge in [-0.1, -0.05) is 12.1 Å². The lowest BCUT2D eigenvalue weighted by atomic mass is 9.87. The Kier molecular flexibility index (Phi) is 4.24. The maximum atomic E-state index is 13.4. The van der Waals surface area contributed by atoms with Crippen LogP contribution in [0.25, 0.3) is 0 Å². The number of pyridine rings is 1. The Morgan fingerprint density at radius 2 is 1.86 bits per heavy atom. The summed E-state index contributed by atoms with van der Waals surface area (Å²) >= 11 is 0. The zero-order chi connectivity index (χ0) is 15.6. The van der Waals surface area contributed by atoms with Crippen LogP contribution in [-0.4, -0.2) is 16.5 Å². The zero-order valence-electron chi connectivity index (χ0n) is 10.7. The van der Waals surface area contributed by atoms with E-state index in [4.69, 9.17) is 10.8 Å². The molecule has 3 N–H and O–H groups in total. The molecule has 0 bridgehead atoms. The summed E-state index contributed by atoms with van der Waals surface area (Å²) in [5, 5.41) is 8.91. The van der Waals surface area contributed by atoms with Crippen molar-refractivity contribution in [2.75, 3.05) is 0 Å². The van der Waals surface area contributed by atoms with Crippen LogP contribution in [0.15, 0.2) is 36.5 Å². The molecule has 7 heteroatoms. The van der Waals surface area contributed by atoms with Gasteiger partial charge in [0.05, 0.1) is 12.3 Å². The number of aromatic nitrogens is 1. The predicted octanol–water partition coefficient (Wildman–Crippen LogP) is 2.32. The van der Waals surface area contributed by atoms with E-state index in [-0.39, 0.29) is 17.9 Å². The second-order valence-corrected chi connectivity index (χ2v) is 4.51. The number of benzene rings is 1. The normalized spacial score (nSPS) is 14.2. The number of aliphatic hydroxyl groups is 1. The minimum atomic E-state index is -3.09. The Bertz CT molecular complexity index is 633. The van der Waals surface area contributed by atoms with Crippen LogP contribution in [-0.2, 0) is 12.1 Å². The highest BCUT2D eigenvalue weighted by Gasteiger charge is 2.41. The third-order valence-corrected chi connectivity index (χ3v) is 3.17. The van der Waals surface area contributed by atoms with Gasteiger partial charge in [0.25, 0.3) is 6.43 Å². The highest BCUT2D eigenvalue weighted by molar-refractivity contribution is 5.36. The Morgan fingerprint density at radius 3 is 2.33 bits per heavy atom. The van der Waals surface area contributed by atoms with Crippen molar-refractivity contribution in [2.24, 2.45) is 5.73 Å². The van der Waals surface area contributed by atoms with Gasteiger partial charge in [0, 0.05) is 6.20 Å². The summed E-state index contributed by atoms with van der Waals surface area (Å²) < 4.78 is 53.1. The number of halogens is 4. The SMILES string of the molecule is N[C@](c1ccc(F)c(F)c1)(c1ccc(CO)cn1)C(F)F. The standard InChI is InChI=1S/C14H12F4N2O/c15-10-3-2-9(5-11(10)16)14(19,13(17)18)12-4-1-8(7-21)6-20-12/h1-6,13,21H,7,19H2/t14-/m1/s1. The maximum Gasteiger partial charge on any atom is 0.266 e. The van der Waals surface area contributed by atoms with Crippen molar-refractivity contribution in [2.45, 2.75) is 18.6 Å². The van der Waals surface area contributed by atoms with E-state index in [2.05, 4.69) is 4.98 Å². The van der Waals surface area contributed by atoms with E-state index in [1.807, 2.05) is 0 Å². The molecule has 1 aromatic heterocycles. The molecule has 0 spiro atoms. The Labute approximate surface area is 118 Å². The van der Waals surface area contributed by atoms with Crippen molar-refractivity contribution in [1.29, 1.82) is 0 Å². The molecule has 21 heavy (non-hydrogen) atoms. The summed E-state index contributed by atoms with van der Waals surface area (Å²) in [6.45, 7) is -0.301. The number of nitrogens with two attached hydrogens (primary N) is 1. The van der Waals surface area contributed by atoms with Gasteiger partial charge >= 0.3 is 0 Å². The average molecular weight is 300 g/mol. The fourth-order valence-corrected chi connectivity index (χ4v) is 1.90. The lowest BCUT2D eigenvalue weighted by molar-refractivity contribution is 0.0718. The fourth-order valence-electron chi connectivity index (χ4n) is 1.90. The number of alkyl halides is 2. The molecule has 0 aliphatic carbocycles. The molecular weight excluding hydrogens is 288 g/mol. The van der Waals surface area contributed by atoms with E-state index in [0.29, 0.717) is 11.6 Å². The molecule has 0 fully saturated rings. The fraction of sp³-hybridized carbons (Fsp3) is 0.214. The Hall–Kier alpha value is -1.99. The van der Waals surface area contributed by atoms with E-state index < -0.39 is 23.6 Å². The van der Waals surface area contributed by atoms with Gasteiger partial charge < -0.3 is 10.8 Å². The molecule has 1 atom stereocenters. The molecule has 0 unspecified atom stereocenters. The summed E-state index contributed by atoms with van der Waals surface area (Å²) in [6.07, 6.45) is -1.89. The first kappa shape index (κ1) is 15.4. The van der Waals surface area contributed by atoms with Gasteiger partial charge in [-0.3, -0.25) is 4.98 Å². The van der Waals surface area contributed by atoms with Crippen molar-refractivity contribution in [3.63, 3.8) is 0 Å². The topological polar surface area (TPSA) is 59.1 Å². The molecule has 112 valence electrons.